The zero-order valence-electron chi connectivity index (χ0n) is 12.1. The van der Waals surface area contributed by atoms with E-state index in [1.54, 1.807) is 0 Å². The zero-order chi connectivity index (χ0) is 14.2. The molecule has 2 aliphatic rings. The second-order valence-electron chi connectivity index (χ2n) is 5.78. The fourth-order valence-corrected chi connectivity index (χ4v) is 2.84. The summed E-state index contributed by atoms with van der Waals surface area (Å²) in [6, 6.07) is 6.16. The van der Waals surface area contributed by atoms with Crippen LogP contribution in [0.4, 0.5) is 0 Å². The van der Waals surface area contributed by atoms with E-state index < -0.39 is 0 Å². The molecule has 5 nitrogen and oxygen atoms in total. The zero-order valence-corrected chi connectivity index (χ0v) is 12.1. The first-order chi connectivity index (χ1) is 10.3. The average Bonchev–Trinajstić information content (AvgIpc) is 2.86. The Morgan fingerprint density at radius 1 is 1.24 bits per heavy atom. The number of imidazole rings is 1. The maximum atomic E-state index is 5.88. The molecule has 2 aromatic rings. The summed E-state index contributed by atoms with van der Waals surface area (Å²) in [5.41, 5.74) is 2.28. The first kappa shape index (κ1) is 12.7. The summed E-state index contributed by atoms with van der Waals surface area (Å²) in [5, 5.41) is 3.34. The van der Waals surface area contributed by atoms with Crippen molar-refractivity contribution >= 4 is 0 Å². The minimum Gasteiger partial charge on any atom is -0.489 e. The largest absolute Gasteiger partial charge is 0.489 e. The van der Waals surface area contributed by atoms with Crippen LogP contribution in [0, 0.1) is 5.92 Å². The molecule has 110 valence electrons. The van der Waals surface area contributed by atoms with Gasteiger partial charge in [-0.1, -0.05) is 6.92 Å². The third-order valence-corrected chi connectivity index (χ3v) is 4.02. The van der Waals surface area contributed by atoms with E-state index in [0.717, 1.165) is 48.2 Å². The molecular weight excluding hydrogens is 266 g/mol. The van der Waals surface area contributed by atoms with Gasteiger partial charge < -0.3 is 19.4 Å². The van der Waals surface area contributed by atoms with E-state index in [0.29, 0.717) is 19.1 Å². The van der Waals surface area contributed by atoms with Crippen molar-refractivity contribution in [3.63, 3.8) is 0 Å². The fraction of sp³-hybridized carbons (Fsp3) is 0.438. The van der Waals surface area contributed by atoms with Crippen LogP contribution >= 0.6 is 0 Å². The molecule has 4 rings (SSSR count). The van der Waals surface area contributed by atoms with Gasteiger partial charge in [0, 0.05) is 24.6 Å². The van der Waals surface area contributed by atoms with E-state index in [1.165, 1.54) is 0 Å². The molecule has 0 spiro atoms. The molecule has 1 aromatic heterocycles. The first-order valence-corrected chi connectivity index (χ1v) is 7.46. The Kier molecular flexibility index (Phi) is 3.07. The van der Waals surface area contributed by atoms with Crippen molar-refractivity contribution in [2.24, 2.45) is 5.92 Å². The van der Waals surface area contributed by atoms with Crippen LogP contribution in [0.25, 0.3) is 11.3 Å². The van der Waals surface area contributed by atoms with Crippen LogP contribution in [0.5, 0.6) is 11.5 Å². The number of nitrogens with zero attached hydrogens (tertiary/aromatic N) is 2. The van der Waals surface area contributed by atoms with Crippen LogP contribution in [-0.2, 0) is 13.1 Å². The summed E-state index contributed by atoms with van der Waals surface area (Å²) in [6.45, 7) is 6.31. The van der Waals surface area contributed by atoms with E-state index in [1.807, 2.05) is 12.3 Å². The highest BCUT2D eigenvalue weighted by molar-refractivity contribution is 5.64. The molecular formula is C16H19N3O2. The standard InChI is InChI=1S/C16H19N3O2/c1-11-9-20-14-3-2-12(6-15(14)21-10-11)13-7-18-16-8-17-4-5-19(13)16/h2-3,6-7,11,17H,4-5,8-10H2,1H3. The lowest BCUT2D eigenvalue weighted by Gasteiger charge is -2.18. The summed E-state index contributed by atoms with van der Waals surface area (Å²) in [7, 11) is 0. The highest BCUT2D eigenvalue weighted by Crippen LogP contribution is 2.35. The van der Waals surface area contributed by atoms with Crippen LogP contribution in [0.2, 0.25) is 0 Å². The van der Waals surface area contributed by atoms with Crippen LogP contribution in [0.1, 0.15) is 12.7 Å². The molecule has 0 radical (unpaired) electrons. The van der Waals surface area contributed by atoms with Crippen LogP contribution < -0.4 is 14.8 Å². The second kappa shape index (κ2) is 5.07. The predicted molar refractivity (Wildman–Crippen MR) is 79.5 cm³/mol. The quantitative estimate of drug-likeness (QED) is 0.871. The van der Waals surface area contributed by atoms with Gasteiger partial charge in [-0.15, -0.1) is 0 Å². The average molecular weight is 285 g/mol. The van der Waals surface area contributed by atoms with Crippen LogP contribution in [-0.4, -0.2) is 29.3 Å². The topological polar surface area (TPSA) is 48.3 Å². The normalized spacial score (nSPS) is 20.7. The van der Waals surface area contributed by atoms with Gasteiger partial charge >= 0.3 is 0 Å². The molecule has 3 heterocycles. The number of rotatable bonds is 1. The fourth-order valence-electron chi connectivity index (χ4n) is 2.84. The van der Waals surface area contributed by atoms with Gasteiger partial charge in [-0.2, -0.15) is 0 Å². The van der Waals surface area contributed by atoms with E-state index >= 15 is 0 Å². The number of hydrogen-bond acceptors (Lipinski definition) is 4. The van der Waals surface area contributed by atoms with Crippen LogP contribution in [0.15, 0.2) is 24.4 Å². The Morgan fingerprint density at radius 2 is 2.10 bits per heavy atom. The first-order valence-electron chi connectivity index (χ1n) is 7.46. The molecule has 0 aliphatic carbocycles. The van der Waals surface area contributed by atoms with E-state index in [-0.39, 0.29) is 0 Å². The van der Waals surface area contributed by atoms with Gasteiger partial charge in [-0.3, -0.25) is 0 Å². The maximum Gasteiger partial charge on any atom is 0.161 e. The Hall–Kier alpha value is -2.01. The third-order valence-electron chi connectivity index (χ3n) is 4.02. The molecule has 1 aromatic carbocycles. The lowest BCUT2D eigenvalue weighted by Crippen LogP contribution is -2.28. The summed E-state index contributed by atoms with van der Waals surface area (Å²) in [5.74, 6) is 3.18. The highest BCUT2D eigenvalue weighted by Gasteiger charge is 2.19. The molecule has 2 aliphatic heterocycles. The Balaban J connectivity index is 1.72. The minimum absolute atomic E-state index is 0.412. The van der Waals surface area contributed by atoms with E-state index in [9.17, 15) is 0 Å². The molecule has 1 atom stereocenters. The molecule has 0 saturated heterocycles. The summed E-state index contributed by atoms with van der Waals surface area (Å²) >= 11 is 0. The Bertz CT molecular complexity index is 666. The van der Waals surface area contributed by atoms with Gasteiger partial charge in [0.05, 0.1) is 31.6 Å². The third kappa shape index (κ3) is 2.27. The van der Waals surface area contributed by atoms with Gasteiger partial charge in [0.1, 0.15) is 5.82 Å². The van der Waals surface area contributed by atoms with Crippen molar-refractivity contribution in [2.75, 3.05) is 19.8 Å². The van der Waals surface area contributed by atoms with Gasteiger partial charge in [0.15, 0.2) is 11.5 Å². The molecule has 0 amide bonds. The van der Waals surface area contributed by atoms with Crippen molar-refractivity contribution in [3.05, 3.63) is 30.2 Å². The summed E-state index contributed by atoms with van der Waals surface area (Å²) < 4.78 is 13.9. The summed E-state index contributed by atoms with van der Waals surface area (Å²) in [4.78, 5) is 4.50. The van der Waals surface area contributed by atoms with Gasteiger partial charge in [-0.25, -0.2) is 4.98 Å². The summed E-state index contributed by atoms with van der Waals surface area (Å²) in [6.07, 6.45) is 1.95. The molecule has 21 heavy (non-hydrogen) atoms. The minimum atomic E-state index is 0.412. The molecule has 1 unspecified atom stereocenters. The van der Waals surface area contributed by atoms with E-state index in [4.69, 9.17) is 9.47 Å². The SMILES string of the molecule is CC1COc2ccc(-c3cnc4n3CCNC4)cc2OC1. The number of ether oxygens (including phenoxy) is 2. The second-order valence-corrected chi connectivity index (χ2v) is 5.78. The van der Waals surface area contributed by atoms with Crippen molar-refractivity contribution in [1.29, 1.82) is 0 Å². The Morgan fingerprint density at radius 3 is 3.00 bits per heavy atom. The Labute approximate surface area is 123 Å². The lowest BCUT2D eigenvalue weighted by atomic mass is 10.1. The molecule has 5 heteroatoms. The number of hydrogen-bond donors (Lipinski definition) is 1. The highest BCUT2D eigenvalue weighted by atomic mass is 16.5. The van der Waals surface area contributed by atoms with Gasteiger partial charge in [-0.05, 0) is 18.2 Å². The number of fused-ring (bicyclic) bond motifs is 2. The van der Waals surface area contributed by atoms with Crippen molar-refractivity contribution in [1.82, 2.24) is 14.9 Å². The molecule has 0 bridgehead atoms. The smallest absolute Gasteiger partial charge is 0.161 e. The molecule has 0 fully saturated rings. The van der Waals surface area contributed by atoms with Crippen molar-refractivity contribution < 1.29 is 9.47 Å². The number of nitrogens with one attached hydrogen (secondary N) is 1. The lowest BCUT2D eigenvalue weighted by molar-refractivity contribution is 0.228. The van der Waals surface area contributed by atoms with Crippen molar-refractivity contribution in [2.45, 2.75) is 20.0 Å². The predicted octanol–water partition coefficient (Wildman–Crippen LogP) is 2.06. The van der Waals surface area contributed by atoms with Gasteiger partial charge in [0.2, 0.25) is 0 Å². The maximum absolute atomic E-state index is 5.88. The van der Waals surface area contributed by atoms with Crippen molar-refractivity contribution in [3.8, 4) is 22.8 Å². The number of benzene rings is 1. The van der Waals surface area contributed by atoms with Gasteiger partial charge in [0.25, 0.3) is 0 Å². The van der Waals surface area contributed by atoms with E-state index in [2.05, 4.69) is 33.9 Å². The monoisotopic (exact) mass is 285 g/mol. The van der Waals surface area contributed by atoms with Crippen LogP contribution in [0.3, 0.4) is 0 Å². The molecule has 0 saturated carbocycles. The molecule has 1 N–H and O–H groups in total. The number of aromatic nitrogens is 2.